The van der Waals surface area contributed by atoms with Gasteiger partial charge in [0.25, 0.3) is 5.91 Å². The molecule has 3 amide bonds. The van der Waals surface area contributed by atoms with E-state index in [9.17, 15) is 19.5 Å². The van der Waals surface area contributed by atoms with Gasteiger partial charge in [-0.15, -0.1) is 0 Å². The number of aliphatic hydroxyl groups is 1. The zero-order chi connectivity index (χ0) is 31.1. The minimum Gasteiger partial charge on any atom is -0.444 e. The molecule has 0 fully saturated rings. The van der Waals surface area contributed by atoms with Crippen molar-refractivity contribution in [1.82, 2.24) is 10.2 Å². The van der Waals surface area contributed by atoms with Crippen LogP contribution in [0.15, 0.2) is 36.4 Å². The zero-order valence-corrected chi connectivity index (χ0v) is 26.6. The average molecular weight is 588 g/mol. The Morgan fingerprint density at radius 1 is 1.00 bits per heavy atom. The Bertz CT molecular complexity index is 1180. The highest BCUT2D eigenvalue weighted by Gasteiger charge is 2.39. The second-order valence-corrected chi connectivity index (χ2v) is 12.6. The summed E-state index contributed by atoms with van der Waals surface area (Å²) in [5.41, 5.74) is 2.91. The number of aliphatic hydroxyl groups excluding tert-OH is 1. The summed E-state index contributed by atoms with van der Waals surface area (Å²) < 4.78 is 5.34. The molecule has 0 radical (unpaired) electrons. The van der Waals surface area contributed by atoms with Crippen LogP contribution in [0, 0.1) is 26.7 Å². The fourth-order valence-electron chi connectivity index (χ4n) is 4.72. The molecule has 3 unspecified atom stereocenters. The summed E-state index contributed by atoms with van der Waals surface area (Å²) >= 11 is 6.46. The lowest BCUT2D eigenvalue weighted by atomic mass is 9.95. The molecule has 0 aliphatic heterocycles. The molecule has 0 bridgehead atoms. The van der Waals surface area contributed by atoms with Crippen molar-refractivity contribution >= 4 is 35.2 Å². The van der Waals surface area contributed by atoms with Crippen LogP contribution in [-0.4, -0.2) is 52.2 Å². The highest BCUT2D eigenvalue weighted by molar-refractivity contribution is 6.34. The lowest BCUT2D eigenvalue weighted by Gasteiger charge is -2.38. The fourth-order valence-corrected chi connectivity index (χ4v) is 4.98. The van der Waals surface area contributed by atoms with Crippen LogP contribution in [0.5, 0.6) is 0 Å². The molecular formula is C32H46ClN3O5. The molecule has 2 aromatic carbocycles. The van der Waals surface area contributed by atoms with Crippen LogP contribution < -0.4 is 10.6 Å². The van der Waals surface area contributed by atoms with Crippen LogP contribution in [0.4, 0.5) is 10.5 Å². The summed E-state index contributed by atoms with van der Waals surface area (Å²) in [6, 6.07) is 8.26. The van der Waals surface area contributed by atoms with E-state index in [-0.39, 0.29) is 0 Å². The number of carbonyl (C=O) groups excluding carboxylic acids is 3. The summed E-state index contributed by atoms with van der Waals surface area (Å²) in [5, 5.41) is 16.1. The van der Waals surface area contributed by atoms with Gasteiger partial charge in [-0.3, -0.25) is 9.59 Å². The lowest BCUT2D eigenvalue weighted by molar-refractivity contribution is -0.144. The molecular weight excluding hydrogens is 542 g/mol. The Balaban J connectivity index is 2.66. The first-order chi connectivity index (χ1) is 19.0. The smallest absolute Gasteiger partial charge is 0.408 e. The van der Waals surface area contributed by atoms with Gasteiger partial charge in [-0.1, -0.05) is 66.9 Å². The van der Waals surface area contributed by atoms with E-state index >= 15 is 0 Å². The van der Waals surface area contributed by atoms with Gasteiger partial charge in [-0.05, 0) is 84.4 Å². The molecule has 3 atom stereocenters. The molecule has 0 aliphatic carbocycles. The Kier molecular flexibility index (Phi) is 12.2. The monoisotopic (exact) mass is 587 g/mol. The first-order valence-electron chi connectivity index (χ1n) is 14.1. The van der Waals surface area contributed by atoms with Crippen LogP contribution in [0.25, 0.3) is 0 Å². The van der Waals surface area contributed by atoms with Crippen LogP contribution >= 0.6 is 11.6 Å². The van der Waals surface area contributed by atoms with Crippen molar-refractivity contribution in [3.8, 4) is 0 Å². The SMILES string of the molecule is Cc1cc(C)cc(C(C(=O)Nc2c(C)cccc2Cl)N(C(=O)C(CO)NC(=O)OC(C)(C)C)C(C)CCC(C)C)c1. The van der Waals surface area contributed by atoms with Gasteiger partial charge < -0.3 is 25.4 Å². The van der Waals surface area contributed by atoms with Crippen molar-refractivity contribution in [3.63, 3.8) is 0 Å². The number of rotatable bonds is 11. The van der Waals surface area contributed by atoms with Crippen molar-refractivity contribution in [3.05, 3.63) is 63.7 Å². The molecule has 0 saturated carbocycles. The molecule has 0 spiro atoms. The summed E-state index contributed by atoms with van der Waals surface area (Å²) in [5.74, 6) is -0.683. The number of para-hydroxylation sites is 1. The van der Waals surface area contributed by atoms with Crippen LogP contribution in [-0.2, 0) is 14.3 Å². The van der Waals surface area contributed by atoms with Gasteiger partial charge in [0.2, 0.25) is 5.91 Å². The van der Waals surface area contributed by atoms with Gasteiger partial charge in [-0.25, -0.2) is 4.79 Å². The van der Waals surface area contributed by atoms with Crippen LogP contribution in [0.3, 0.4) is 0 Å². The largest absolute Gasteiger partial charge is 0.444 e. The molecule has 226 valence electrons. The Morgan fingerprint density at radius 3 is 2.12 bits per heavy atom. The number of carbonyl (C=O) groups is 3. The number of hydrogen-bond acceptors (Lipinski definition) is 5. The van der Waals surface area contributed by atoms with E-state index < -0.39 is 48.2 Å². The molecule has 2 rings (SSSR count). The molecule has 8 nitrogen and oxygen atoms in total. The fraction of sp³-hybridized carbons (Fsp3) is 0.531. The number of nitrogens with one attached hydrogen (secondary N) is 2. The van der Waals surface area contributed by atoms with E-state index in [1.807, 2.05) is 52.0 Å². The quantitative estimate of drug-likeness (QED) is 0.279. The van der Waals surface area contributed by atoms with Gasteiger partial charge in [0, 0.05) is 6.04 Å². The Hall–Kier alpha value is -3.10. The standard InChI is InChI=1S/C32H46ClN3O5/c1-19(2)13-14-23(6)36(30(39)26(18-37)34-31(40)41-32(7,8)9)28(24-16-20(3)15-21(4)17-24)29(38)35-27-22(5)11-10-12-25(27)33/h10-12,15-17,19,23,26,28,37H,13-14,18H2,1-9H3,(H,34,40)(H,35,38). The summed E-state index contributed by atoms with van der Waals surface area (Å²) in [7, 11) is 0. The van der Waals surface area contributed by atoms with Gasteiger partial charge >= 0.3 is 6.09 Å². The van der Waals surface area contributed by atoms with E-state index in [0.29, 0.717) is 28.6 Å². The highest BCUT2D eigenvalue weighted by atomic mass is 35.5. The number of hydrogen-bond donors (Lipinski definition) is 3. The molecule has 0 aliphatic rings. The number of aryl methyl sites for hydroxylation is 3. The van der Waals surface area contributed by atoms with E-state index in [4.69, 9.17) is 16.3 Å². The van der Waals surface area contributed by atoms with Gasteiger partial charge in [0.1, 0.15) is 17.7 Å². The first kappa shape index (κ1) is 34.1. The number of anilines is 1. The second kappa shape index (κ2) is 14.7. The van der Waals surface area contributed by atoms with Crippen molar-refractivity contribution in [2.24, 2.45) is 5.92 Å². The van der Waals surface area contributed by atoms with E-state index in [1.54, 1.807) is 32.9 Å². The summed E-state index contributed by atoms with van der Waals surface area (Å²) in [4.78, 5) is 42.5. The molecule has 0 heterocycles. The molecule has 0 saturated heterocycles. The topological polar surface area (TPSA) is 108 Å². The number of halogens is 1. The molecule has 3 N–H and O–H groups in total. The average Bonchev–Trinajstić information content (AvgIpc) is 2.84. The third-order valence-corrected chi connectivity index (χ3v) is 6.93. The van der Waals surface area contributed by atoms with E-state index in [2.05, 4.69) is 24.5 Å². The third kappa shape index (κ3) is 10.0. The maximum absolute atomic E-state index is 14.2. The third-order valence-electron chi connectivity index (χ3n) is 6.62. The van der Waals surface area contributed by atoms with Gasteiger partial charge in [-0.2, -0.15) is 0 Å². The predicted molar refractivity (Wildman–Crippen MR) is 164 cm³/mol. The van der Waals surface area contributed by atoms with Gasteiger partial charge in [0.15, 0.2) is 0 Å². The van der Waals surface area contributed by atoms with Crippen molar-refractivity contribution in [2.75, 3.05) is 11.9 Å². The number of benzene rings is 2. The number of nitrogens with zero attached hydrogens (tertiary/aromatic N) is 1. The maximum atomic E-state index is 14.2. The van der Waals surface area contributed by atoms with Crippen molar-refractivity contribution in [1.29, 1.82) is 0 Å². The molecule has 41 heavy (non-hydrogen) atoms. The predicted octanol–water partition coefficient (Wildman–Crippen LogP) is 6.48. The first-order valence-corrected chi connectivity index (χ1v) is 14.5. The Morgan fingerprint density at radius 2 is 1.61 bits per heavy atom. The normalized spacial score (nSPS) is 13.8. The minimum absolute atomic E-state index is 0.363. The Labute approximate surface area is 249 Å². The summed E-state index contributed by atoms with van der Waals surface area (Å²) in [6.07, 6.45) is 0.575. The number of ether oxygens (including phenoxy) is 1. The molecule has 2 aromatic rings. The highest BCUT2D eigenvalue weighted by Crippen LogP contribution is 2.32. The van der Waals surface area contributed by atoms with Gasteiger partial charge in [0.05, 0.1) is 17.3 Å². The van der Waals surface area contributed by atoms with Crippen LogP contribution in [0.1, 0.15) is 82.7 Å². The van der Waals surface area contributed by atoms with Crippen LogP contribution in [0.2, 0.25) is 5.02 Å². The zero-order valence-electron chi connectivity index (χ0n) is 25.8. The van der Waals surface area contributed by atoms with Crippen molar-refractivity contribution < 1.29 is 24.2 Å². The van der Waals surface area contributed by atoms with E-state index in [0.717, 1.165) is 23.1 Å². The maximum Gasteiger partial charge on any atom is 0.408 e. The minimum atomic E-state index is -1.32. The van der Waals surface area contributed by atoms with E-state index in [1.165, 1.54) is 4.90 Å². The molecule has 9 heteroatoms. The lowest BCUT2D eigenvalue weighted by Crippen LogP contribution is -2.56. The summed E-state index contributed by atoms with van der Waals surface area (Å²) in [6.45, 7) is 16.2. The van der Waals surface area contributed by atoms with Crippen molar-refractivity contribution in [2.45, 2.75) is 98.9 Å². The second-order valence-electron chi connectivity index (χ2n) is 12.2. The molecule has 0 aromatic heterocycles. The number of alkyl carbamates (subject to hydrolysis) is 1. The number of amides is 3.